The molecule has 0 aromatic carbocycles. The van der Waals surface area contributed by atoms with Crippen LogP contribution in [0.15, 0.2) is 18.3 Å². The first-order valence-electron chi connectivity index (χ1n) is 2.15. The SMILES string of the molecule is O=C([O-])c1ccc[nH]1.[Na+]. The van der Waals surface area contributed by atoms with Crippen LogP contribution in [-0.2, 0) is 0 Å². The van der Waals surface area contributed by atoms with Crippen molar-refractivity contribution in [2.24, 2.45) is 0 Å². The number of carboxylic acids is 1. The molecule has 1 aromatic heterocycles. The Kier molecular flexibility index (Phi) is 3.61. The zero-order valence-electron chi connectivity index (χ0n) is 5.05. The van der Waals surface area contributed by atoms with Crippen LogP contribution >= 0.6 is 0 Å². The van der Waals surface area contributed by atoms with E-state index in [9.17, 15) is 9.90 Å². The minimum Gasteiger partial charge on any atom is -0.543 e. The minimum atomic E-state index is -1.17. The third kappa shape index (κ3) is 2.22. The molecule has 0 spiro atoms. The summed E-state index contributed by atoms with van der Waals surface area (Å²) in [6.45, 7) is 0. The zero-order chi connectivity index (χ0) is 5.98. The molecule has 0 saturated heterocycles. The number of hydrogen-bond donors (Lipinski definition) is 1. The number of hydrogen-bond acceptors (Lipinski definition) is 2. The Bertz CT molecular complexity index is 183. The van der Waals surface area contributed by atoms with Crippen LogP contribution in [0.5, 0.6) is 0 Å². The van der Waals surface area contributed by atoms with Gasteiger partial charge in [0.05, 0.1) is 11.7 Å². The molecule has 9 heavy (non-hydrogen) atoms. The second kappa shape index (κ2) is 3.71. The van der Waals surface area contributed by atoms with Crippen molar-refractivity contribution in [1.82, 2.24) is 4.98 Å². The largest absolute Gasteiger partial charge is 1.00 e. The van der Waals surface area contributed by atoms with Crippen LogP contribution in [0.2, 0.25) is 0 Å². The molecule has 0 fully saturated rings. The maximum Gasteiger partial charge on any atom is 1.00 e. The van der Waals surface area contributed by atoms with E-state index in [-0.39, 0.29) is 35.3 Å². The summed E-state index contributed by atoms with van der Waals surface area (Å²) >= 11 is 0. The number of aromatic nitrogens is 1. The molecule has 42 valence electrons. The molecule has 0 aliphatic rings. The van der Waals surface area contributed by atoms with E-state index < -0.39 is 5.97 Å². The number of aromatic amines is 1. The van der Waals surface area contributed by atoms with E-state index in [4.69, 9.17) is 0 Å². The van der Waals surface area contributed by atoms with Crippen molar-refractivity contribution in [2.45, 2.75) is 0 Å². The first kappa shape index (κ1) is 8.75. The van der Waals surface area contributed by atoms with Gasteiger partial charge in [-0.3, -0.25) is 0 Å². The molecule has 1 N–H and O–H groups in total. The molecule has 0 aliphatic heterocycles. The zero-order valence-corrected chi connectivity index (χ0v) is 7.05. The molecule has 0 aliphatic carbocycles. The van der Waals surface area contributed by atoms with Crippen molar-refractivity contribution in [2.75, 3.05) is 0 Å². The number of H-pyrrole nitrogens is 1. The summed E-state index contributed by atoms with van der Waals surface area (Å²) in [7, 11) is 0. The molecule has 0 unspecified atom stereocenters. The fourth-order valence-corrected chi connectivity index (χ4v) is 0.457. The summed E-state index contributed by atoms with van der Waals surface area (Å²) in [5.41, 5.74) is 0.116. The molecule has 3 nitrogen and oxygen atoms in total. The van der Waals surface area contributed by atoms with Gasteiger partial charge in [0.2, 0.25) is 0 Å². The Morgan fingerprint density at radius 1 is 1.67 bits per heavy atom. The van der Waals surface area contributed by atoms with Gasteiger partial charge in [-0.05, 0) is 12.1 Å². The average molecular weight is 133 g/mol. The summed E-state index contributed by atoms with van der Waals surface area (Å²) in [6, 6.07) is 3.04. The van der Waals surface area contributed by atoms with Gasteiger partial charge in [0, 0.05) is 6.20 Å². The number of nitrogens with one attached hydrogen (secondary N) is 1. The Morgan fingerprint density at radius 3 is 2.56 bits per heavy atom. The number of carbonyl (C=O) groups is 1. The van der Waals surface area contributed by atoms with E-state index in [1.807, 2.05) is 0 Å². The van der Waals surface area contributed by atoms with Crippen molar-refractivity contribution < 1.29 is 39.5 Å². The van der Waals surface area contributed by atoms with Gasteiger partial charge in [0.25, 0.3) is 0 Å². The Balaban J connectivity index is 0.000000640. The van der Waals surface area contributed by atoms with Gasteiger partial charge in [-0.15, -0.1) is 0 Å². The summed E-state index contributed by atoms with van der Waals surface area (Å²) in [5.74, 6) is -1.17. The van der Waals surface area contributed by atoms with Crippen molar-refractivity contribution >= 4 is 5.97 Å². The van der Waals surface area contributed by atoms with Gasteiger partial charge >= 0.3 is 29.6 Å². The number of rotatable bonds is 1. The van der Waals surface area contributed by atoms with Crippen LogP contribution in [-0.4, -0.2) is 11.0 Å². The molecule has 1 rings (SSSR count). The third-order valence-corrected chi connectivity index (χ3v) is 0.818. The van der Waals surface area contributed by atoms with Crippen LogP contribution < -0.4 is 34.7 Å². The van der Waals surface area contributed by atoms with Crippen molar-refractivity contribution in [3.63, 3.8) is 0 Å². The maximum absolute atomic E-state index is 9.92. The van der Waals surface area contributed by atoms with E-state index in [0.717, 1.165) is 0 Å². The topological polar surface area (TPSA) is 55.9 Å². The van der Waals surface area contributed by atoms with Crippen LogP contribution in [0.4, 0.5) is 0 Å². The summed E-state index contributed by atoms with van der Waals surface area (Å²) in [6.07, 6.45) is 1.53. The molecule has 0 radical (unpaired) electrons. The van der Waals surface area contributed by atoms with E-state index in [0.29, 0.717) is 0 Å². The van der Waals surface area contributed by atoms with E-state index in [2.05, 4.69) is 4.98 Å². The van der Waals surface area contributed by atoms with E-state index in [1.54, 1.807) is 6.07 Å². The average Bonchev–Trinajstić information content (AvgIpc) is 2.12. The predicted octanol–water partition coefficient (Wildman–Crippen LogP) is -3.62. The standard InChI is InChI=1S/C5H5NO2.Na/c7-5(8)4-2-1-3-6-4;/h1-3,6H,(H,7,8);/q;+1/p-1. The minimum absolute atomic E-state index is 0. The molecule has 1 heterocycles. The van der Waals surface area contributed by atoms with Crippen molar-refractivity contribution in [3.8, 4) is 0 Å². The van der Waals surface area contributed by atoms with Gasteiger partial charge in [-0.2, -0.15) is 0 Å². The van der Waals surface area contributed by atoms with Gasteiger partial charge in [-0.25, -0.2) is 0 Å². The van der Waals surface area contributed by atoms with Gasteiger partial charge in [-0.1, -0.05) is 0 Å². The van der Waals surface area contributed by atoms with Crippen molar-refractivity contribution in [3.05, 3.63) is 24.0 Å². The van der Waals surface area contributed by atoms with E-state index in [1.165, 1.54) is 12.3 Å². The molecule has 0 bridgehead atoms. The quantitative estimate of drug-likeness (QED) is 0.402. The summed E-state index contributed by atoms with van der Waals surface area (Å²) < 4.78 is 0. The molecule has 0 atom stereocenters. The van der Waals surface area contributed by atoms with Gasteiger partial charge in [0.15, 0.2) is 0 Å². The molecule has 4 heteroatoms. The number of aromatic carboxylic acids is 1. The number of carbonyl (C=O) groups excluding carboxylic acids is 1. The molecule has 0 saturated carbocycles. The van der Waals surface area contributed by atoms with Crippen molar-refractivity contribution in [1.29, 1.82) is 0 Å². The Morgan fingerprint density at radius 2 is 2.33 bits per heavy atom. The molecule has 1 aromatic rings. The fraction of sp³-hybridized carbons (Fsp3) is 0. The normalized spacial score (nSPS) is 8.00. The number of carboxylic acid groups (broad SMARTS) is 1. The second-order valence-corrected chi connectivity index (χ2v) is 1.37. The molecular weight excluding hydrogens is 129 g/mol. The van der Waals surface area contributed by atoms with Crippen LogP contribution in [0.1, 0.15) is 10.5 Å². The van der Waals surface area contributed by atoms with Gasteiger partial charge < -0.3 is 14.9 Å². The summed E-state index contributed by atoms with van der Waals surface area (Å²) in [5, 5.41) is 9.92. The third-order valence-electron chi connectivity index (χ3n) is 0.818. The maximum atomic E-state index is 9.92. The smallest absolute Gasteiger partial charge is 0.543 e. The Labute approximate surface area is 74.4 Å². The van der Waals surface area contributed by atoms with Gasteiger partial charge in [0.1, 0.15) is 0 Å². The van der Waals surface area contributed by atoms with Crippen LogP contribution in [0, 0.1) is 0 Å². The second-order valence-electron chi connectivity index (χ2n) is 1.37. The molecular formula is C5H4NNaO2. The van der Waals surface area contributed by atoms with E-state index >= 15 is 0 Å². The molecule has 0 amide bonds. The van der Waals surface area contributed by atoms with Crippen LogP contribution in [0.25, 0.3) is 0 Å². The summed E-state index contributed by atoms with van der Waals surface area (Å²) in [4.78, 5) is 12.4. The fourth-order valence-electron chi connectivity index (χ4n) is 0.457. The first-order chi connectivity index (χ1) is 3.80. The predicted molar refractivity (Wildman–Crippen MR) is 25.1 cm³/mol. The first-order valence-corrected chi connectivity index (χ1v) is 2.15. The Hall–Kier alpha value is -0.250. The monoisotopic (exact) mass is 133 g/mol. The van der Waals surface area contributed by atoms with Crippen LogP contribution in [0.3, 0.4) is 0 Å².